The Morgan fingerprint density at radius 1 is 0.571 bits per heavy atom. The van der Waals surface area contributed by atoms with E-state index in [9.17, 15) is 0 Å². The number of rotatable bonds is 4. The number of fused-ring (bicyclic) bond motifs is 6. The zero-order chi connectivity index (χ0) is 28.4. The average molecular weight is 545 g/mol. The molecule has 0 atom stereocenters. The standard InChI is InChI=1S/C39H29FN2/c1-39(2)33-22-25(29-17-11-18-31-30-16-9-10-19-36(30)41-38(29)31)20-21-32(33)37-34(39)23-28(24-35(37)40)42(26-12-5-3-6-13-26)27-14-7-4-8-15-27/h3-24,41H,1-2H3. The topological polar surface area (TPSA) is 19.0 Å². The molecule has 1 aromatic heterocycles. The molecule has 0 unspecified atom stereocenters. The molecule has 6 aromatic carbocycles. The normalized spacial score (nSPS) is 13.3. The number of hydrogen-bond donors (Lipinski definition) is 1. The molecule has 0 bridgehead atoms. The fourth-order valence-corrected chi connectivity index (χ4v) is 6.80. The van der Waals surface area contributed by atoms with Crippen molar-refractivity contribution < 1.29 is 4.39 Å². The highest BCUT2D eigenvalue weighted by Crippen LogP contribution is 2.53. The first-order valence-electron chi connectivity index (χ1n) is 14.4. The Kier molecular flexibility index (Phi) is 5.39. The van der Waals surface area contributed by atoms with Crippen LogP contribution in [0.3, 0.4) is 0 Å². The van der Waals surface area contributed by atoms with Crippen LogP contribution in [0.4, 0.5) is 21.5 Å². The molecule has 1 N–H and O–H groups in total. The predicted octanol–water partition coefficient (Wildman–Crippen LogP) is 10.9. The lowest BCUT2D eigenvalue weighted by molar-refractivity contribution is 0.620. The molecule has 7 aromatic rings. The summed E-state index contributed by atoms with van der Waals surface area (Å²) in [5.74, 6) is -0.198. The summed E-state index contributed by atoms with van der Waals surface area (Å²) in [5, 5.41) is 2.43. The van der Waals surface area contributed by atoms with Crippen molar-refractivity contribution in [2.45, 2.75) is 19.3 Å². The van der Waals surface area contributed by atoms with E-state index >= 15 is 4.39 Å². The minimum absolute atomic E-state index is 0.198. The van der Waals surface area contributed by atoms with Gasteiger partial charge in [-0.25, -0.2) is 4.39 Å². The average Bonchev–Trinajstić information content (AvgIpc) is 3.51. The number of H-pyrrole nitrogens is 1. The number of aromatic nitrogens is 1. The van der Waals surface area contributed by atoms with E-state index in [1.165, 1.54) is 10.8 Å². The zero-order valence-corrected chi connectivity index (χ0v) is 23.5. The van der Waals surface area contributed by atoms with Gasteiger partial charge in [-0.3, -0.25) is 0 Å². The smallest absolute Gasteiger partial charge is 0.133 e. The molecule has 0 saturated carbocycles. The van der Waals surface area contributed by atoms with E-state index in [0.29, 0.717) is 5.56 Å². The highest BCUT2D eigenvalue weighted by atomic mass is 19.1. The molecule has 202 valence electrons. The quantitative estimate of drug-likeness (QED) is 0.233. The van der Waals surface area contributed by atoms with Crippen LogP contribution in [0.2, 0.25) is 0 Å². The Morgan fingerprint density at radius 2 is 1.24 bits per heavy atom. The lowest BCUT2D eigenvalue weighted by Crippen LogP contribution is -2.17. The van der Waals surface area contributed by atoms with Crippen LogP contribution < -0.4 is 4.90 Å². The summed E-state index contributed by atoms with van der Waals surface area (Å²) in [7, 11) is 0. The second-order valence-electron chi connectivity index (χ2n) is 11.6. The molecule has 42 heavy (non-hydrogen) atoms. The van der Waals surface area contributed by atoms with Gasteiger partial charge in [-0.15, -0.1) is 0 Å². The Hall–Kier alpha value is -5.15. The van der Waals surface area contributed by atoms with Crippen LogP contribution in [0.15, 0.2) is 133 Å². The van der Waals surface area contributed by atoms with Gasteiger partial charge in [0, 0.05) is 49.9 Å². The summed E-state index contributed by atoms with van der Waals surface area (Å²) in [6, 6.07) is 45.6. The molecule has 0 radical (unpaired) electrons. The Labute approximate surface area is 244 Å². The van der Waals surface area contributed by atoms with E-state index in [-0.39, 0.29) is 11.2 Å². The van der Waals surface area contributed by atoms with Crippen molar-refractivity contribution in [3.63, 3.8) is 0 Å². The molecule has 0 fully saturated rings. The number of para-hydroxylation sites is 4. The number of benzene rings is 6. The summed E-state index contributed by atoms with van der Waals surface area (Å²) < 4.78 is 16.3. The third-order valence-corrected chi connectivity index (χ3v) is 8.85. The molecule has 2 nitrogen and oxygen atoms in total. The zero-order valence-electron chi connectivity index (χ0n) is 23.5. The van der Waals surface area contributed by atoms with Crippen molar-refractivity contribution in [1.82, 2.24) is 4.98 Å². The van der Waals surface area contributed by atoms with Gasteiger partial charge in [-0.05, 0) is 70.8 Å². The summed E-state index contributed by atoms with van der Waals surface area (Å²) >= 11 is 0. The van der Waals surface area contributed by atoms with E-state index in [0.717, 1.165) is 55.9 Å². The lowest BCUT2D eigenvalue weighted by Gasteiger charge is -2.28. The highest BCUT2D eigenvalue weighted by Gasteiger charge is 2.38. The van der Waals surface area contributed by atoms with Crippen LogP contribution in [0.5, 0.6) is 0 Å². The largest absolute Gasteiger partial charge is 0.354 e. The second-order valence-corrected chi connectivity index (χ2v) is 11.6. The SMILES string of the molecule is CC1(C)c2cc(-c3cccc4c3[nH]c3ccccc34)ccc2-c2c(F)cc(N(c3ccccc3)c3ccccc3)cc21. The fourth-order valence-electron chi connectivity index (χ4n) is 6.80. The van der Waals surface area contributed by atoms with E-state index in [4.69, 9.17) is 0 Å². The first-order valence-corrected chi connectivity index (χ1v) is 14.4. The van der Waals surface area contributed by atoms with E-state index in [2.05, 4.69) is 115 Å². The summed E-state index contributed by atoms with van der Waals surface area (Å²) in [6.45, 7) is 4.42. The molecule has 0 amide bonds. The third kappa shape index (κ3) is 3.63. The van der Waals surface area contributed by atoms with Crippen molar-refractivity contribution in [1.29, 1.82) is 0 Å². The minimum atomic E-state index is -0.384. The van der Waals surface area contributed by atoms with Gasteiger partial charge in [0.25, 0.3) is 0 Å². The van der Waals surface area contributed by atoms with Gasteiger partial charge in [0.05, 0.1) is 5.52 Å². The maximum atomic E-state index is 16.3. The Balaban J connectivity index is 1.28. The number of anilines is 3. The molecule has 3 heteroatoms. The van der Waals surface area contributed by atoms with Gasteiger partial charge < -0.3 is 9.88 Å². The van der Waals surface area contributed by atoms with Gasteiger partial charge in [0.15, 0.2) is 0 Å². The number of hydrogen-bond acceptors (Lipinski definition) is 1. The van der Waals surface area contributed by atoms with Crippen molar-refractivity contribution in [3.8, 4) is 22.3 Å². The molecule has 8 rings (SSSR count). The molecule has 1 aliphatic carbocycles. The van der Waals surface area contributed by atoms with Gasteiger partial charge >= 0.3 is 0 Å². The second kappa shape index (κ2) is 9.19. The van der Waals surface area contributed by atoms with E-state index < -0.39 is 0 Å². The molecule has 0 aliphatic heterocycles. The molecule has 0 spiro atoms. The van der Waals surface area contributed by atoms with Crippen molar-refractivity contribution in [2.75, 3.05) is 4.90 Å². The van der Waals surface area contributed by atoms with Crippen molar-refractivity contribution in [3.05, 3.63) is 150 Å². The summed E-state index contributed by atoms with van der Waals surface area (Å²) in [6.07, 6.45) is 0. The maximum absolute atomic E-state index is 16.3. The van der Waals surface area contributed by atoms with E-state index in [1.54, 1.807) is 6.07 Å². The maximum Gasteiger partial charge on any atom is 0.133 e. The van der Waals surface area contributed by atoms with Crippen molar-refractivity contribution in [2.24, 2.45) is 0 Å². The van der Waals surface area contributed by atoms with Gasteiger partial charge in [0.1, 0.15) is 5.82 Å². The molecular weight excluding hydrogens is 515 g/mol. The summed E-state index contributed by atoms with van der Waals surface area (Å²) in [5.41, 5.74) is 10.8. The first kappa shape index (κ1) is 24.6. The monoisotopic (exact) mass is 544 g/mol. The fraction of sp³-hybridized carbons (Fsp3) is 0.0769. The van der Waals surface area contributed by atoms with Crippen LogP contribution in [-0.2, 0) is 5.41 Å². The molecule has 0 saturated heterocycles. The van der Waals surface area contributed by atoms with Crippen LogP contribution in [0.1, 0.15) is 25.0 Å². The number of nitrogens with zero attached hydrogens (tertiary/aromatic N) is 1. The van der Waals surface area contributed by atoms with Gasteiger partial charge in [0.2, 0.25) is 0 Å². The Bertz CT molecular complexity index is 2080. The molecule has 1 aliphatic rings. The highest BCUT2D eigenvalue weighted by molar-refractivity contribution is 6.12. The first-order chi connectivity index (χ1) is 20.5. The number of aromatic amines is 1. The molecular formula is C39H29FN2. The lowest BCUT2D eigenvalue weighted by atomic mass is 9.81. The number of halogens is 1. The van der Waals surface area contributed by atoms with Crippen molar-refractivity contribution >= 4 is 38.9 Å². The molecule has 1 heterocycles. The third-order valence-electron chi connectivity index (χ3n) is 8.85. The predicted molar refractivity (Wildman–Crippen MR) is 173 cm³/mol. The Morgan fingerprint density at radius 3 is 1.98 bits per heavy atom. The minimum Gasteiger partial charge on any atom is -0.354 e. The number of nitrogens with one attached hydrogen (secondary N) is 1. The van der Waals surface area contributed by atoms with E-state index in [1.807, 2.05) is 36.4 Å². The van der Waals surface area contributed by atoms with Gasteiger partial charge in [-0.2, -0.15) is 0 Å². The van der Waals surface area contributed by atoms with Crippen LogP contribution in [0, 0.1) is 5.82 Å². The van der Waals surface area contributed by atoms with Gasteiger partial charge in [-0.1, -0.05) is 98.8 Å². The van der Waals surface area contributed by atoms with Crippen LogP contribution >= 0.6 is 0 Å². The van der Waals surface area contributed by atoms with Crippen LogP contribution in [-0.4, -0.2) is 4.98 Å². The van der Waals surface area contributed by atoms with Crippen LogP contribution in [0.25, 0.3) is 44.1 Å². The summed E-state index contributed by atoms with van der Waals surface area (Å²) in [4.78, 5) is 5.77.